The van der Waals surface area contributed by atoms with Crippen LogP contribution in [0, 0.1) is 11.3 Å². The SMILES string of the molecule is CCC(C)=C(C)C(C)C(C)(C)CC. The molecule has 1 atom stereocenters. The van der Waals surface area contributed by atoms with Crippen molar-refractivity contribution in [3.05, 3.63) is 11.1 Å². The van der Waals surface area contributed by atoms with Crippen LogP contribution < -0.4 is 0 Å². The third kappa shape index (κ3) is 3.17. The van der Waals surface area contributed by atoms with Gasteiger partial charge in [-0.15, -0.1) is 0 Å². The molecule has 0 N–H and O–H groups in total. The van der Waals surface area contributed by atoms with Gasteiger partial charge >= 0.3 is 0 Å². The van der Waals surface area contributed by atoms with Crippen molar-refractivity contribution >= 4 is 0 Å². The first-order valence-corrected chi connectivity index (χ1v) is 5.53. The lowest BCUT2D eigenvalue weighted by Gasteiger charge is -2.32. The van der Waals surface area contributed by atoms with Crippen molar-refractivity contribution < 1.29 is 0 Å². The summed E-state index contributed by atoms with van der Waals surface area (Å²) in [5, 5.41) is 0. The molecule has 0 aliphatic carbocycles. The lowest BCUT2D eigenvalue weighted by atomic mass is 9.73. The van der Waals surface area contributed by atoms with Crippen molar-refractivity contribution in [2.45, 2.75) is 61.3 Å². The topological polar surface area (TPSA) is 0 Å². The van der Waals surface area contributed by atoms with Crippen LogP contribution in [-0.4, -0.2) is 0 Å². The molecule has 0 aliphatic heterocycles. The molecule has 0 aromatic rings. The van der Waals surface area contributed by atoms with Gasteiger partial charge in [0.15, 0.2) is 0 Å². The zero-order valence-electron chi connectivity index (χ0n) is 10.5. The molecule has 0 saturated heterocycles. The highest BCUT2D eigenvalue weighted by Gasteiger charge is 2.25. The molecule has 0 rings (SSSR count). The molecule has 0 heteroatoms. The Labute approximate surface area is 84.4 Å². The number of rotatable bonds is 4. The largest absolute Gasteiger partial charge is 0.0744 e. The van der Waals surface area contributed by atoms with Gasteiger partial charge in [-0.1, -0.05) is 52.2 Å². The molecular weight excluding hydrogens is 156 g/mol. The number of allylic oxidation sites excluding steroid dienone is 2. The predicted octanol–water partition coefficient (Wildman–Crippen LogP) is 4.81. The highest BCUT2D eigenvalue weighted by atomic mass is 14.3. The first-order chi connectivity index (χ1) is 5.86. The van der Waals surface area contributed by atoms with E-state index in [1.54, 1.807) is 11.1 Å². The van der Waals surface area contributed by atoms with Crippen molar-refractivity contribution in [3.8, 4) is 0 Å². The van der Waals surface area contributed by atoms with E-state index in [0.717, 1.165) is 0 Å². The van der Waals surface area contributed by atoms with E-state index in [4.69, 9.17) is 0 Å². The van der Waals surface area contributed by atoms with Gasteiger partial charge in [-0.3, -0.25) is 0 Å². The van der Waals surface area contributed by atoms with Crippen LogP contribution in [0.5, 0.6) is 0 Å². The van der Waals surface area contributed by atoms with Gasteiger partial charge in [-0.05, 0) is 31.6 Å². The van der Waals surface area contributed by atoms with Crippen molar-refractivity contribution in [2.24, 2.45) is 11.3 Å². The van der Waals surface area contributed by atoms with E-state index in [9.17, 15) is 0 Å². The van der Waals surface area contributed by atoms with Crippen LogP contribution in [0.1, 0.15) is 61.3 Å². The zero-order chi connectivity index (χ0) is 10.6. The fourth-order valence-corrected chi connectivity index (χ4v) is 1.54. The second-order valence-electron chi connectivity index (χ2n) is 4.88. The molecule has 0 fully saturated rings. The van der Waals surface area contributed by atoms with E-state index in [2.05, 4.69) is 48.5 Å². The molecule has 0 radical (unpaired) electrons. The standard InChI is InChI=1S/C13H26/c1-8-10(3)11(4)12(5)13(6,7)9-2/h12H,8-9H2,1-7H3. The van der Waals surface area contributed by atoms with Crippen LogP contribution in [0.3, 0.4) is 0 Å². The van der Waals surface area contributed by atoms with Crippen LogP contribution in [0.2, 0.25) is 0 Å². The zero-order valence-corrected chi connectivity index (χ0v) is 10.5. The quantitative estimate of drug-likeness (QED) is 0.548. The molecule has 13 heavy (non-hydrogen) atoms. The fourth-order valence-electron chi connectivity index (χ4n) is 1.54. The summed E-state index contributed by atoms with van der Waals surface area (Å²) >= 11 is 0. The Morgan fingerprint density at radius 1 is 1.15 bits per heavy atom. The van der Waals surface area contributed by atoms with E-state index in [0.29, 0.717) is 11.3 Å². The lowest BCUT2D eigenvalue weighted by molar-refractivity contribution is 0.253. The highest BCUT2D eigenvalue weighted by molar-refractivity contribution is 5.14. The van der Waals surface area contributed by atoms with Gasteiger partial charge in [-0.25, -0.2) is 0 Å². The summed E-state index contributed by atoms with van der Waals surface area (Å²) in [6.45, 7) is 16.2. The van der Waals surface area contributed by atoms with Crippen molar-refractivity contribution in [2.75, 3.05) is 0 Å². The van der Waals surface area contributed by atoms with E-state index in [1.165, 1.54) is 12.8 Å². The minimum absolute atomic E-state index is 0.445. The van der Waals surface area contributed by atoms with Gasteiger partial charge < -0.3 is 0 Å². The van der Waals surface area contributed by atoms with Gasteiger partial charge in [0.05, 0.1) is 0 Å². The third-order valence-corrected chi connectivity index (χ3v) is 3.94. The molecule has 0 heterocycles. The number of hydrogen-bond acceptors (Lipinski definition) is 0. The van der Waals surface area contributed by atoms with Gasteiger partial charge in [0.1, 0.15) is 0 Å². The summed E-state index contributed by atoms with van der Waals surface area (Å²) in [4.78, 5) is 0. The van der Waals surface area contributed by atoms with Gasteiger partial charge in [0, 0.05) is 0 Å². The summed E-state index contributed by atoms with van der Waals surface area (Å²) in [6, 6.07) is 0. The van der Waals surface area contributed by atoms with E-state index in [1.807, 2.05) is 0 Å². The molecule has 0 aromatic carbocycles. The summed E-state index contributed by atoms with van der Waals surface area (Å²) in [6.07, 6.45) is 2.44. The monoisotopic (exact) mass is 182 g/mol. The molecule has 0 saturated carbocycles. The molecule has 0 spiro atoms. The summed E-state index contributed by atoms with van der Waals surface area (Å²) in [7, 11) is 0. The van der Waals surface area contributed by atoms with Crippen LogP contribution in [0.4, 0.5) is 0 Å². The Bertz CT molecular complexity index is 184. The van der Waals surface area contributed by atoms with Gasteiger partial charge in [-0.2, -0.15) is 0 Å². The molecular formula is C13H26. The van der Waals surface area contributed by atoms with E-state index in [-0.39, 0.29) is 0 Å². The Balaban J connectivity index is 4.69. The molecule has 0 bridgehead atoms. The normalized spacial score (nSPS) is 16.8. The first-order valence-electron chi connectivity index (χ1n) is 5.53. The second-order valence-corrected chi connectivity index (χ2v) is 4.88. The molecule has 0 amide bonds. The second kappa shape index (κ2) is 4.83. The van der Waals surface area contributed by atoms with Crippen LogP contribution in [0.25, 0.3) is 0 Å². The first kappa shape index (κ1) is 12.7. The molecule has 0 nitrogen and oxygen atoms in total. The van der Waals surface area contributed by atoms with Crippen molar-refractivity contribution in [3.63, 3.8) is 0 Å². The summed E-state index contributed by atoms with van der Waals surface area (Å²) < 4.78 is 0. The minimum atomic E-state index is 0.445. The van der Waals surface area contributed by atoms with Crippen LogP contribution in [-0.2, 0) is 0 Å². The summed E-state index contributed by atoms with van der Waals surface area (Å²) in [5.41, 5.74) is 3.60. The molecule has 78 valence electrons. The Morgan fingerprint density at radius 2 is 1.62 bits per heavy atom. The average molecular weight is 182 g/mol. The Hall–Kier alpha value is -0.260. The average Bonchev–Trinajstić information content (AvgIpc) is 2.14. The summed E-state index contributed by atoms with van der Waals surface area (Å²) in [5.74, 6) is 0.706. The smallest absolute Gasteiger partial charge is 0.0181 e. The Morgan fingerprint density at radius 3 is 1.92 bits per heavy atom. The van der Waals surface area contributed by atoms with Gasteiger partial charge in [0.2, 0.25) is 0 Å². The molecule has 0 aliphatic rings. The maximum absolute atomic E-state index is 2.37. The Kier molecular flexibility index (Phi) is 4.74. The third-order valence-electron chi connectivity index (χ3n) is 3.94. The number of hydrogen-bond donors (Lipinski definition) is 0. The van der Waals surface area contributed by atoms with Crippen LogP contribution >= 0.6 is 0 Å². The fraction of sp³-hybridized carbons (Fsp3) is 0.846. The van der Waals surface area contributed by atoms with Gasteiger partial charge in [0.25, 0.3) is 0 Å². The lowest BCUT2D eigenvalue weighted by Crippen LogP contribution is -2.22. The maximum Gasteiger partial charge on any atom is -0.0181 e. The van der Waals surface area contributed by atoms with E-state index < -0.39 is 0 Å². The minimum Gasteiger partial charge on any atom is -0.0744 e. The molecule has 0 aromatic heterocycles. The highest BCUT2D eigenvalue weighted by Crippen LogP contribution is 2.36. The van der Waals surface area contributed by atoms with Crippen molar-refractivity contribution in [1.29, 1.82) is 0 Å². The van der Waals surface area contributed by atoms with E-state index >= 15 is 0 Å². The van der Waals surface area contributed by atoms with Crippen LogP contribution in [0.15, 0.2) is 11.1 Å². The van der Waals surface area contributed by atoms with Crippen molar-refractivity contribution in [1.82, 2.24) is 0 Å². The predicted molar refractivity (Wildman–Crippen MR) is 61.9 cm³/mol. The molecule has 1 unspecified atom stereocenters. The maximum atomic E-state index is 2.37.